The Hall–Kier alpha value is -0.740. The molecule has 0 radical (unpaired) electrons. The second-order valence-electron chi connectivity index (χ2n) is 2.16. The first-order chi connectivity index (χ1) is 5.36. The van der Waals surface area contributed by atoms with Crippen molar-refractivity contribution >= 4 is 29.7 Å². The van der Waals surface area contributed by atoms with Crippen LogP contribution in [0, 0.1) is 0 Å². The normalized spacial score (nSPS) is 13.4. The van der Waals surface area contributed by atoms with E-state index in [1.54, 1.807) is 6.07 Å². The molecule has 0 aliphatic carbocycles. The van der Waals surface area contributed by atoms with Crippen LogP contribution in [0.4, 0.5) is 5.69 Å². The van der Waals surface area contributed by atoms with Gasteiger partial charge in [0.25, 0.3) is 5.88 Å². The molecule has 4 nitrogen and oxygen atoms in total. The number of nitrogens with zero attached hydrogens (tertiary/aromatic N) is 2. The zero-order chi connectivity index (χ0) is 7.68. The standard InChI is InChI=1S/C6H6ClN3O.ClH/c7-5-3-4-6(10-9-5)11-2-1-8-4;/h3,8H,1-2H2;1H. The van der Waals surface area contributed by atoms with Crippen molar-refractivity contribution in [3.63, 3.8) is 0 Å². The third-order valence-electron chi connectivity index (χ3n) is 1.39. The van der Waals surface area contributed by atoms with Gasteiger partial charge in [-0.15, -0.1) is 22.6 Å². The van der Waals surface area contributed by atoms with Crippen molar-refractivity contribution in [1.29, 1.82) is 0 Å². The van der Waals surface area contributed by atoms with Gasteiger partial charge in [0.15, 0.2) is 5.15 Å². The average Bonchev–Trinajstić information content (AvgIpc) is 2.04. The highest BCUT2D eigenvalue weighted by atomic mass is 35.5. The average molecular weight is 208 g/mol. The van der Waals surface area contributed by atoms with Crippen LogP contribution >= 0.6 is 24.0 Å². The van der Waals surface area contributed by atoms with Crippen LogP contribution in [0.15, 0.2) is 6.07 Å². The number of hydrogen-bond donors (Lipinski definition) is 1. The van der Waals surface area contributed by atoms with E-state index in [0.29, 0.717) is 17.6 Å². The quantitative estimate of drug-likeness (QED) is 0.699. The molecule has 0 fully saturated rings. The van der Waals surface area contributed by atoms with E-state index in [-0.39, 0.29) is 12.4 Å². The molecular weight excluding hydrogens is 201 g/mol. The summed E-state index contributed by atoms with van der Waals surface area (Å²) in [6.45, 7) is 1.42. The van der Waals surface area contributed by atoms with E-state index < -0.39 is 0 Å². The molecule has 0 unspecified atom stereocenters. The van der Waals surface area contributed by atoms with Crippen molar-refractivity contribution < 1.29 is 4.74 Å². The van der Waals surface area contributed by atoms with Gasteiger partial charge in [-0.2, -0.15) is 0 Å². The minimum atomic E-state index is 0. The minimum absolute atomic E-state index is 0. The summed E-state index contributed by atoms with van der Waals surface area (Å²) in [5.74, 6) is 0.528. The Kier molecular flexibility index (Phi) is 2.94. The number of nitrogens with one attached hydrogen (secondary N) is 1. The SMILES string of the molecule is Cl.Clc1cc2c(nn1)OCCN2. The molecule has 1 aromatic rings. The smallest absolute Gasteiger partial charge is 0.257 e. The maximum atomic E-state index is 5.61. The molecule has 0 spiro atoms. The first-order valence-corrected chi connectivity index (χ1v) is 3.64. The van der Waals surface area contributed by atoms with E-state index >= 15 is 0 Å². The van der Waals surface area contributed by atoms with Gasteiger partial charge in [-0.05, 0) is 0 Å². The predicted molar refractivity (Wildman–Crippen MR) is 48.3 cm³/mol. The summed E-state index contributed by atoms with van der Waals surface area (Å²) in [6, 6.07) is 1.70. The molecule has 12 heavy (non-hydrogen) atoms. The third-order valence-corrected chi connectivity index (χ3v) is 1.57. The van der Waals surface area contributed by atoms with Crippen LogP contribution in [-0.2, 0) is 0 Å². The summed E-state index contributed by atoms with van der Waals surface area (Å²) >= 11 is 5.61. The minimum Gasteiger partial charge on any atom is -0.473 e. The molecule has 0 atom stereocenters. The number of fused-ring (bicyclic) bond motifs is 1. The molecule has 0 amide bonds. The Labute approximate surface area is 80.7 Å². The van der Waals surface area contributed by atoms with Crippen molar-refractivity contribution in [2.45, 2.75) is 0 Å². The fourth-order valence-electron chi connectivity index (χ4n) is 0.923. The van der Waals surface area contributed by atoms with Gasteiger partial charge in [-0.25, -0.2) is 0 Å². The van der Waals surface area contributed by atoms with Crippen molar-refractivity contribution in [3.8, 4) is 5.88 Å². The zero-order valence-corrected chi connectivity index (χ0v) is 7.65. The predicted octanol–water partition coefficient (Wildman–Crippen LogP) is 1.36. The summed E-state index contributed by atoms with van der Waals surface area (Å²) in [4.78, 5) is 0. The maximum Gasteiger partial charge on any atom is 0.257 e. The number of halogens is 2. The van der Waals surface area contributed by atoms with Crippen molar-refractivity contribution in [1.82, 2.24) is 10.2 Å². The van der Waals surface area contributed by atoms with E-state index in [2.05, 4.69) is 15.5 Å². The Morgan fingerprint density at radius 3 is 3.17 bits per heavy atom. The lowest BCUT2D eigenvalue weighted by molar-refractivity contribution is 0.306. The molecule has 66 valence electrons. The lowest BCUT2D eigenvalue weighted by Crippen LogP contribution is -2.19. The molecule has 2 heterocycles. The second kappa shape index (κ2) is 3.78. The van der Waals surface area contributed by atoms with Crippen LogP contribution in [0.5, 0.6) is 5.88 Å². The molecule has 0 saturated heterocycles. The van der Waals surface area contributed by atoms with Gasteiger partial charge in [0, 0.05) is 12.6 Å². The first kappa shape index (κ1) is 9.35. The molecule has 2 rings (SSSR count). The highest BCUT2D eigenvalue weighted by molar-refractivity contribution is 6.29. The van der Waals surface area contributed by atoms with Crippen LogP contribution in [0.2, 0.25) is 5.15 Å². The first-order valence-electron chi connectivity index (χ1n) is 3.26. The van der Waals surface area contributed by atoms with Gasteiger partial charge in [0.2, 0.25) is 0 Å². The van der Waals surface area contributed by atoms with Crippen LogP contribution in [0.1, 0.15) is 0 Å². The van der Waals surface area contributed by atoms with Gasteiger partial charge < -0.3 is 10.1 Å². The molecule has 0 saturated carbocycles. The summed E-state index contributed by atoms with van der Waals surface area (Å²) in [5, 5.41) is 10.9. The van der Waals surface area contributed by atoms with Crippen molar-refractivity contribution in [2.75, 3.05) is 18.5 Å². The summed E-state index contributed by atoms with van der Waals surface area (Å²) < 4.78 is 5.18. The van der Waals surface area contributed by atoms with Crippen LogP contribution < -0.4 is 10.1 Å². The zero-order valence-electron chi connectivity index (χ0n) is 6.08. The summed E-state index contributed by atoms with van der Waals surface area (Å²) in [7, 11) is 0. The Morgan fingerprint density at radius 2 is 2.33 bits per heavy atom. The molecular formula is C6H7Cl2N3O. The number of aromatic nitrogens is 2. The number of ether oxygens (including phenoxy) is 1. The van der Waals surface area contributed by atoms with Crippen LogP contribution in [0.3, 0.4) is 0 Å². The topological polar surface area (TPSA) is 47.0 Å². The number of rotatable bonds is 0. The molecule has 6 heteroatoms. The van der Waals surface area contributed by atoms with Gasteiger partial charge in [-0.1, -0.05) is 11.6 Å². The van der Waals surface area contributed by atoms with E-state index in [4.69, 9.17) is 16.3 Å². The molecule has 1 N–H and O–H groups in total. The van der Waals surface area contributed by atoms with Crippen molar-refractivity contribution in [2.24, 2.45) is 0 Å². The maximum absolute atomic E-state index is 5.61. The van der Waals surface area contributed by atoms with Crippen LogP contribution in [0.25, 0.3) is 0 Å². The second-order valence-corrected chi connectivity index (χ2v) is 2.55. The van der Waals surface area contributed by atoms with E-state index in [0.717, 1.165) is 12.2 Å². The largest absolute Gasteiger partial charge is 0.473 e. The molecule has 1 aliphatic rings. The monoisotopic (exact) mass is 207 g/mol. The highest BCUT2D eigenvalue weighted by Gasteiger charge is 2.11. The Bertz CT molecular complexity index is 281. The molecule has 1 aliphatic heterocycles. The van der Waals surface area contributed by atoms with E-state index in [1.807, 2.05) is 0 Å². The lowest BCUT2D eigenvalue weighted by Gasteiger charge is -2.16. The number of hydrogen-bond acceptors (Lipinski definition) is 4. The Morgan fingerprint density at radius 1 is 1.50 bits per heavy atom. The van der Waals surface area contributed by atoms with Gasteiger partial charge >= 0.3 is 0 Å². The third kappa shape index (κ3) is 1.70. The van der Waals surface area contributed by atoms with Gasteiger partial charge in [-0.3, -0.25) is 0 Å². The Balaban J connectivity index is 0.000000720. The molecule has 1 aromatic heterocycles. The fraction of sp³-hybridized carbons (Fsp3) is 0.333. The van der Waals surface area contributed by atoms with Crippen LogP contribution in [-0.4, -0.2) is 23.3 Å². The molecule has 0 bridgehead atoms. The van der Waals surface area contributed by atoms with Gasteiger partial charge in [0.1, 0.15) is 12.3 Å². The van der Waals surface area contributed by atoms with Gasteiger partial charge in [0.05, 0.1) is 0 Å². The van der Waals surface area contributed by atoms with E-state index in [9.17, 15) is 0 Å². The lowest BCUT2D eigenvalue weighted by atomic mass is 10.4. The highest BCUT2D eigenvalue weighted by Crippen LogP contribution is 2.24. The molecule has 0 aromatic carbocycles. The van der Waals surface area contributed by atoms with E-state index in [1.165, 1.54) is 0 Å². The summed E-state index contributed by atoms with van der Waals surface area (Å²) in [5.41, 5.74) is 0.816. The van der Waals surface area contributed by atoms with Crippen molar-refractivity contribution in [3.05, 3.63) is 11.2 Å². The summed E-state index contributed by atoms with van der Waals surface area (Å²) in [6.07, 6.45) is 0. The number of anilines is 1. The fourth-order valence-corrected chi connectivity index (χ4v) is 1.07.